The molecule has 2 heterocycles. The Morgan fingerprint density at radius 3 is 2.96 bits per heavy atom. The number of anilines is 1. The maximum Gasteiger partial charge on any atom is 0.257 e. The van der Waals surface area contributed by atoms with E-state index in [1.54, 1.807) is 19.4 Å². The molecule has 1 aromatic heterocycles. The van der Waals surface area contributed by atoms with Crippen molar-refractivity contribution in [3.63, 3.8) is 0 Å². The van der Waals surface area contributed by atoms with E-state index in [0.29, 0.717) is 11.8 Å². The molecule has 1 saturated heterocycles. The van der Waals surface area contributed by atoms with Crippen LogP contribution in [-0.4, -0.2) is 30.2 Å². The van der Waals surface area contributed by atoms with Crippen LogP contribution in [0.2, 0.25) is 0 Å². The van der Waals surface area contributed by atoms with Gasteiger partial charge in [-0.05, 0) is 43.7 Å². The Bertz CT molecular complexity index is 677. The van der Waals surface area contributed by atoms with Gasteiger partial charge < -0.3 is 9.64 Å². The van der Waals surface area contributed by atoms with Gasteiger partial charge in [-0.1, -0.05) is 18.2 Å². The predicted octanol–water partition coefficient (Wildman–Crippen LogP) is 3.39. The Balaban J connectivity index is 1.63. The summed E-state index contributed by atoms with van der Waals surface area (Å²) >= 11 is 0. The Kier molecular flexibility index (Phi) is 4.74. The van der Waals surface area contributed by atoms with Crippen LogP contribution in [0.5, 0.6) is 5.88 Å². The van der Waals surface area contributed by atoms with Crippen LogP contribution in [0.25, 0.3) is 0 Å². The van der Waals surface area contributed by atoms with E-state index < -0.39 is 0 Å². The molecule has 0 bridgehead atoms. The summed E-state index contributed by atoms with van der Waals surface area (Å²) in [6.07, 6.45) is 4.57. The quantitative estimate of drug-likeness (QED) is 0.848. The number of halogens is 1. The molecule has 1 aliphatic rings. The van der Waals surface area contributed by atoms with E-state index >= 15 is 0 Å². The van der Waals surface area contributed by atoms with E-state index in [1.165, 1.54) is 6.07 Å². The number of ether oxygens (including phenoxy) is 1. The SMILES string of the molecule is COc1ncc(C)nc1N1CCC(CCc2ccccc2F)C1. The van der Waals surface area contributed by atoms with Crippen LogP contribution in [0.1, 0.15) is 24.1 Å². The minimum absolute atomic E-state index is 0.103. The summed E-state index contributed by atoms with van der Waals surface area (Å²) in [6.45, 7) is 3.79. The summed E-state index contributed by atoms with van der Waals surface area (Å²) in [4.78, 5) is 11.1. The molecule has 122 valence electrons. The zero-order valence-corrected chi connectivity index (χ0v) is 13.6. The molecular weight excluding hydrogens is 293 g/mol. The Hall–Kier alpha value is -2.17. The van der Waals surface area contributed by atoms with Crippen LogP contribution in [0.4, 0.5) is 10.2 Å². The molecule has 0 aliphatic carbocycles. The minimum atomic E-state index is -0.103. The van der Waals surface area contributed by atoms with Gasteiger partial charge in [0, 0.05) is 13.1 Å². The van der Waals surface area contributed by atoms with Crippen molar-refractivity contribution in [2.24, 2.45) is 5.92 Å². The lowest BCUT2D eigenvalue weighted by molar-refractivity contribution is 0.395. The number of aromatic nitrogens is 2. The third kappa shape index (κ3) is 3.60. The van der Waals surface area contributed by atoms with Crippen LogP contribution < -0.4 is 9.64 Å². The van der Waals surface area contributed by atoms with Crippen molar-refractivity contribution >= 4 is 5.82 Å². The fraction of sp³-hybridized carbons (Fsp3) is 0.444. The van der Waals surface area contributed by atoms with Gasteiger partial charge in [-0.15, -0.1) is 0 Å². The van der Waals surface area contributed by atoms with Crippen LogP contribution >= 0.6 is 0 Å². The summed E-state index contributed by atoms with van der Waals surface area (Å²) in [6, 6.07) is 7.03. The molecule has 1 atom stereocenters. The topological polar surface area (TPSA) is 38.3 Å². The monoisotopic (exact) mass is 315 g/mol. The molecule has 0 radical (unpaired) electrons. The maximum atomic E-state index is 13.7. The molecule has 1 unspecified atom stereocenters. The highest BCUT2D eigenvalue weighted by molar-refractivity contribution is 5.49. The number of nitrogens with zero attached hydrogens (tertiary/aromatic N) is 3. The molecule has 0 N–H and O–H groups in total. The van der Waals surface area contributed by atoms with Gasteiger partial charge >= 0.3 is 0 Å². The standard InChI is InChI=1S/C18H22FN3O/c1-13-11-20-18(23-2)17(21-13)22-10-9-14(12-22)7-8-15-5-3-4-6-16(15)19/h3-6,11,14H,7-10,12H2,1-2H3. The van der Waals surface area contributed by atoms with Crippen LogP contribution in [-0.2, 0) is 6.42 Å². The Morgan fingerprint density at radius 2 is 2.17 bits per heavy atom. The maximum absolute atomic E-state index is 13.7. The second-order valence-corrected chi connectivity index (χ2v) is 6.08. The summed E-state index contributed by atoms with van der Waals surface area (Å²) in [5.41, 5.74) is 1.69. The number of rotatable bonds is 5. The van der Waals surface area contributed by atoms with E-state index in [1.807, 2.05) is 19.1 Å². The largest absolute Gasteiger partial charge is 0.478 e. The molecule has 23 heavy (non-hydrogen) atoms. The lowest BCUT2D eigenvalue weighted by Gasteiger charge is -2.19. The van der Waals surface area contributed by atoms with Crippen molar-refractivity contribution in [2.75, 3.05) is 25.1 Å². The van der Waals surface area contributed by atoms with Crippen molar-refractivity contribution in [2.45, 2.75) is 26.2 Å². The van der Waals surface area contributed by atoms with Gasteiger partial charge in [0.05, 0.1) is 19.0 Å². The first kappa shape index (κ1) is 15.7. The number of benzene rings is 1. The fourth-order valence-corrected chi connectivity index (χ4v) is 3.12. The molecule has 1 aliphatic heterocycles. The van der Waals surface area contributed by atoms with Gasteiger partial charge in [-0.2, -0.15) is 0 Å². The van der Waals surface area contributed by atoms with E-state index in [-0.39, 0.29) is 5.82 Å². The molecule has 0 amide bonds. The van der Waals surface area contributed by atoms with Gasteiger partial charge in [0.1, 0.15) is 5.82 Å². The van der Waals surface area contributed by atoms with Gasteiger partial charge in [0.15, 0.2) is 5.82 Å². The molecule has 3 rings (SSSR count). The Labute approximate surface area is 136 Å². The average molecular weight is 315 g/mol. The normalized spacial score (nSPS) is 17.5. The van der Waals surface area contributed by atoms with Gasteiger partial charge in [-0.25, -0.2) is 14.4 Å². The predicted molar refractivity (Wildman–Crippen MR) is 88.4 cm³/mol. The van der Waals surface area contributed by atoms with E-state index in [9.17, 15) is 4.39 Å². The van der Waals surface area contributed by atoms with Crippen molar-refractivity contribution in [3.05, 3.63) is 47.5 Å². The summed E-state index contributed by atoms with van der Waals surface area (Å²) in [5, 5.41) is 0. The molecule has 0 saturated carbocycles. The summed E-state index contributed by atoms with van der Waals surface area (Å²) in [7, 11) is 1.62. The average Bonchev–Trinajstić information content (AvgIpc) is 3.03. The molecule has 5 heteroatoms. The molecule has 1 aromatic carbocycles. The molecule has 2 aromatic rings. The Morgan fingerprint density at radius 1 is 1.35 bits per heavy atom. The highest BCUT2D eigenvalue weighted by Crippen LogP contribution is 2.30. The van der Waals surface area contributed by atoms with Crippen molar-refractivity contribution < 1.29 is 9.13 Å². The number of hydrogen-bond donors (Lipinski definition) is 0. The van der Waals surface area contributed by atoms with Gasteiger partial charge in [0.25, 0.3) is 5.88 Å². The zero-order chi connectivity index (χ0) is 16.2. The lowest BCUT2D eigenvalue weighted by Crippen LogP contribution is -2.22. The third-order valence-corrected chi connectivity index (χ3v) is 4.40. The van der Waals surface area contributed by atoms with E-state index in [4.69, 9.17) is 4.74 Å². The lowest BCUT2D eigenvalue weighted by atomic mass is 9.98. The fourth-order valence-electron chi connectivity index (χ4n) is 3.12. The van der Waals surface area contributed by atoms with Crippen LogP contribution in [0, 0.1) is 18.7 Å². The first-order valence-corrected chi connectivity index (χ1v) is 8.03. The first-order valence-electron chi connectivity index (χ1n) is 8.03. The van der Waals surface area contributed by atoms with Crippen molar-refractivity contribution in [1.82, 2.24) is 9.97 Å². The molecule has 0 spiro atoms. The first-order chi connectivity index (χ1) is 11.2. The minimum Gasteiger partial charge on any atom is -0.478 e. The van der Waals surface area contributed by atoms with Crippen LogP contribution in [0.15, 0.2) is 30.5 Å². The second kappa shape index (κ2) is 6.94. The number of methoxy groups -OCH3 is 1. The van der Waals surface area contributed by atoms with Gasteiger partial charge in [-0.3, -0.25) is 0 Å². The number of hydrogen-bond acceptors (Lipinski definition) is 4. The van der Waals surface area contributed by atoms with Crippen LogP contribution in [0.3, 0.4) is 0 Å². The smallest absolute Gasteiger partial charge is 0.257 e. The van der Waals surface area contributed by atoms with Crippen molar-refractivity contribution in [1.29, 1.82) is 0 Å². The second-order valence-electron chi connectivity index (χ2n) is 6.08. The molecule has 4 nitrogen and oxygen atoms in total. The van der Waals surface area contributed by atoms with E-state index in [0.717, 1.165) is 49.4 Å². The third-order valence-electron chi connectivity index (χ3n) is 4.40. The van der Waals surface area contributed by atoms with Gasteiger partial charge in [0.2, 0.25) is 0 Å². The molecular formula is C18H22FN3O. The number of aryl methyl sites for hydroxylation is 2. The highest BCUT2D eigenvalue weighted by Gasteiger charge is 2.26. The van der Waals surface area contributed by atoms with Crippen molar-refractivity contribution in [3.8, 4) is 5.88 Å². The van der Waals surface area contributed by atoms with E-state index in [2.05, 4.69) is 14.9 Å². The molecule has 1 fully saturated rings. The summed E-state index contributed by atoms with van der Waals surface area (Å²) in [5.74, 6) is 1.83. The zero-order valence-electron chi connectivity index (χ0n) is 13.6. The highest BCUT2D eigenvalue weighted by atomic mass is 19.1. The summed E-state index contributed by atoms with van der Waals surface area (Å²) < 4.78 is 19.0.